The fraction of sp³-hybridized carbons (Fsp3) is 0.500. The van der Waals surface area contributed by atoms with Gasteiger partial charge in [0.15, 0.2) is 5.58 Å². The molecular weight excluding hydrogens is 244 g/mol. The predicted octanol–water partition coefficient (Wildman–Crippen LogP) is 3.20. The molecule has 0 spiro atoms. The van der Waals surface area contributed by atoms with Crippen LogP contribution in [0.1, 0.15) is 25.7 Å². The second kappa shape index (κ2) is 4.28. The molecule has 1 aromatic heterocycles. The summed E-state index contributed by atoms with van der Waals surface area (Å²) in [6, 6.07) is 9.45. The number of rotatable bonds is 2. The van der Waals surface area contributed by atoms with Gasteiger partial charge in [0.1, 0.15) is 5.52 Å². The van der Waals surface area contributed by atoms with Crippen LogP contribution >= 0.6 is 11.8 Å². The standard InChI is InChI=1S/C14H16N2OS/c1-2-4-13-12(3-1)16-14(17-13)18-11-7-9-5-6-10(8-11)15-9/h1-4,9-11,15H,5-8H2. The molecule has 2 aliphatic heterocycles. The summed E-state index contributed by atoms with van der Waals surface area (Å²) in [5, 5.41) is 5.17. The van der Waals surface area contributed by atoms with Gasteiger partial charge in [0.05, 0.1) is 0 Å². The SMILES string of the molecule is c1ccc2oc(SC3CC4CCC(C3)N4)nc2c1. The minimum Gasteiger partial charge on any atom is -0.431 e. The van der Waals surface area contributed by atoms with Crippen LogP contribution in [-0.4, -0.2) is 22.3 Å². The molecule has 1 aromatic carbocycles. The molecule has 2 atom stereocenters. The minimum atomic E-state index is 0.664. The monoisotopic (exact) mass is 260 g/mol. The fourth-order valence-corrected chi connectivity index (χ4v) is 4.38. The van der Waals surface area contributed by atoms with Gasteiger partial charge in [-0.3, -0.25) is 0 Å². The Kier molecular flexibility index (Phi) is 2.59. The second-order valence-corrected chi connectivity index (χ2v) is 6.55. The van der Waals surface area contributed by atoms with Crippen LogP contribution in [0.5, 0.6) is 0 Å². The lowest BCUT2D eigenvalue weighted by Crippen LogP contribution is -2.39. The van der Waals surface area contributed by atoms with E-state index in [0.717, 1.165) is 28.4 Å². The van der Waals surface area contributed by atoms with E-state index in [1.165, 1.54) is 25.7 Å². The summed E-state index contributed by atoms with van der Waals surface area (Å²) in [6.45, 7) is 0. The number of aromatic nitrogens is 1. The number of hydrogen-bond acceptors (Lipinski definition) is 4. The summed E-state index contributed by atoms with van der Waals surface area (Å²) < 4.78 is 5.79. The van der Waals surface area contributed by atoms with Crippen LogP contribution in [0.4, 0.5) is 0 Å². The lowest BCUT2D eigenvalue weighted by Gasteiger charge is -2.27. The van der Waals surface area contributed by atoms with Crippen molar-refractivity contribution in [1.82, 2.24) is 10.3 Å². The number of hydrogen-bond donors (Lipinski definition) is 1. The van der Waals surface area contributed by atoms with E-state index in [1.807, 2.05) is 36.0 Å². The van der Waals surface area contributed by atoms with E-state index in [4.69, 9.17) is 4.42 Å². The van der Waals surface area contributed by atoms with Gasteiger partial charge in [0, 0.05) is 17.3 Å². The Bertz CT molecular complexity index is 523. The Morgan fingerprint density at radius 3 is 2.72 bits per heavy atom. The smallest absolute Gasteiger partial charge is 0.257 e. The number of oxazole rings is 1. The quantitative estimate of drug-likeness (QED) is 0.900. The molecule has 0 saturated carbocycles. The molecule has 2 unspecified atom stereocenters. The van der Waals surface area contributed by atoms with Gasteiger partial charge in [-0.25, -0.2) is 4.98 Å². The number of fused-ring (bicyclic) bond motifs is 3. The number of benzene rings is 1. The molecule has 3 heterocycles. The molecule has 0 amide bonds. The van der Waals surface area contributed by atoms with Crippen molar-refractivity contribution in [3.8, 4) is 0 Å². The van der Waals surface area contributed by atoms with Crippen molar-refractivity contribution in [1.29, 1.82) is 0 Å². The molecule has 2 saturated heterocycles. The summed E-state index contributed by atoms with van der Waals surface area (Å²) >= 11 is 1.82. The van der Waals surface area contributed by atoms with Gasteiger partial charge in [-0.2, -0.15) is 0 Å². The molecule has 2 aliphatic rings. The van der Waals surface area contributed by atoms with E-state index in [1.54, 1.807) is 0 Å². The Hall–Kier alpha value is -1.00. The highest BCUT2D eigenvalue weighted by Crippen LogP contribution is 2.37. The molecule has 2 bridgehead atoms. The van der Waals surface area contributed by atoms with Crippen molar-refractivity contribution in [2.75, 3.05) is 0 Å². The normalized spacial score (nSPS) is 31.0. The van der Waals surface area contributed by atoms with Crippen molar-refractivity contribution < 1.29 is 4.42 Å². The average Bonchev–Trinajstić information content (AvgIpc) is 2.92. The highest BCUT2D eigenvalue weighted by atomic mass is 32.2. The Morgan fingerprint density at radius 2 is 1.94 bits per heavy atom. The number of nitrogens with zero attached hydrogens (tertiary/aromatic N) is 1. The summed E-state index contributed by atoms with van der Waals surface area (Å²) in [6.07, 6.45) is 5.18. The zero-order valence-corrected chi connectivity index (χ0v) is 11.0. The molecule has 3 nitrogen and oxygen atoms in total. The van der Waals surface area contributed by atoms with Gasteiger partial charge < -0.3 is 9.73 Å². The van der Waals surface area contributed by atoms with Crippen molar-refractivity contribution >= 4 is 22.9 Å². The van der Waals surface area contributed by atoms with Gasteiger partial charge in [-0.05, 0) is 37.8 Å². The number of piperidine rings is 1. The maximum absolute atomic E-state index is 5.79. The first-order valence-electron chi connectivity index (χ1n) is 6.65. The van der Waals surface area contributed by atoms with Gasteiger partial charge in [-0.1, -0.05) is 23.9 Å². The zero-order valence-electron chi connectivity index (χ0n) is 10.1. The number of nitrogens with one attached hydrogen (secondary N) is 1. The van der Waals surface area contributed by atoms with Gasteiger partial charge in [-0.15, -0.1) is 0 Å². The first-order valence-corrected chi connectivity index (χ1v) is 7.53. The van der Waals surface area contributed by atoms with Crippen LogP contribution < -0.4 is 5.32 Å². The first-order chi connectivity index (χ1) is 8.87. The molecule has 4 heteroatoms. The summed E-state index contributed by atoms with van der Waals surface area (Å²) in [5.41, 5.74) is 1.87. The molecule has 1 N–H and O–H groups in total. The summed E-state index contributed by atoms with van der Waals surface area (Å²) in [4.78, 5) is 4.55. The van der Waals surface area contributed by atoms with Gasteiger partial charge >= 0.3 is 0 Å². The van der Waals surface area contributed by atoms with Crippen molar-refractivity contribution in [3.05, 3.63) is 24.3 Å². The van der Waals surface area contributed by atoms with E-state index in [0.29, 0.717) is 5.25 Å². The molecule has 2 aromatic rings. The largest absolute Gasteiger partial charge is 0.431 e. The third-order valence-electron chi connectivity index (χ3n) is 3.97. The molecule has 4 rings (SSSR count). The molecule has 0 aliphatic carbocycles. The maximum Gasteiger partial charge on any atom is 0.257 e. The van der Waals surface area contributed by atoms with E-state index < -0.39 is 0 Å². The van der Waals surface area contributed by atoms with E-state index in [9.17, 15) is 0 Å². The lowest BCUT2D eigenvalue weighted by atomic mass is 10.1. The summed E-state index contributed by atoms with van der Waals surface area (Å²) in [7, 11) is 0. The van der Waals surface area contributed by atoms with Gasteiger partial charge in [0.2, 0.25) is 0 Å². The zero-order chi connectivity index (χ0) is 11.9. The third kappa shape index (κ3) is 1.93. The molecular formula is C14H16N2OS. The third-order valence-corrected chi connectivity index (χ3v) is 5.07. The topological polar surface area (TPSA) is 38.1 Å². The van der Waals surface area contributed by atoms with Crippen LogP contribution in [0, 0.1) is 0 Å². The second-order valence-electron chi connectivity index (χ2n) is 5.30. The van der Waals surface area contributed by atoms with E-state index in [-0.39, 0.29) is 0 Å². The number of para-hydroxylation sites is 2. The Balaban J connectivity index is 1.54. The number of thioether (sulfide) groups is 1. The molecule has 18 heavy (non-hydrogen) atoms. The highest BCUT2D eigenvalue weighted by molar-refractivity contribution is 7.99. The van der Waals surface area contributed by atoms with Gasteiger partial charge in [0.25, 0.3) is 5.22 Å². The maximum atomic E-state index is 5.79. The van der Waals surface area contributed by atoms with Crippen LogP contribution in [0.3, 0.4) is 0 Å². The minimum absolute atomic E-state index is 0.664. The molecule has 2 fully saturated rings. The Morgan fingerprint density at radius 1 is 1.17 bits per heavy atom. The van der Waals surface area contributed by atoms with Crippen LogP contribution in [0.15, 0.2) is 33.9 Å². The highest BCUT2D eigenvalue weighted by Gasteiger charge is 2.34. The fourth-order valence-electron chi connectivity index (χ4n) is 3.15. The first kappa shape index (κ1) is 10.9. The van der Waals surface area contributed by atoms with Crippen LogP contribution in [0.2, 0.25) is 0 Å². The molecule has 94 valence electrons. The van der Waals surface area contributed by atoms with Crippen LogP contribution in [-0.2, 0) is 0 Å². The van der Waals surface area contributed by atoms with E-state index >= 15 is 0 Å². The molecule has 0 radical (unpaired) electrons. The van der Waals surface area contributed by atoms with Crippen molar-refractivity contribution in [2.45, 2.75) is 48.2 Å². The van der Waals surface area contributed by atoms with Crippen molar-refractivity contribution in [3.63, 3.8) is 0 Å². The Labute approximate surface area is 110 Å². The predicted molar refractivity (Wildman–Crippen MR) is 72.8 cm³/mol. The summed E-state index contributed by atoms with van der Waals surface area (Å²) in [5.74, 6) is 0. The lowest BCUT2D eigenvalue weighted by molar-refractivity contribution is 0.410. The van der Waals surface area contributed by atoms with E-state index in [2.05, 4.69) is 10.3 Å². The van der Waals surface area contributed by atoms with Crippen LogP contribution in [0.25, 0.3) is 11.1 Å². The average molecular weight is 260 g/mol. The van der Waals surface area contributed by atoms with Crippen molar-refractivity contribution in [2.24, 2.45) is 0 Å².